The van der Waals surface area contributed by atoms with Crippen molar-refractivity contribution in [2.24, 2.45) is 7.05 Å². The lowest BCUT2D eigenvalue weighted by Gasteiger charge is -2.03. The van der Waals surface area contributed by atoms with Crippen molar-refractivity contribution in [3.8, 4) is 0 Å². The van der Waals surface area contributed by atoms with Crippen LogP contribution in [0.25, 0.3) is 6.08 Å². The third kappa shape index (κ3) is 4.27. The number of pyridine rings is 1. The highest BCUT2D eigenvalue weighted by Gasteiger charge is 2.07. The van der Waals surface area contributed by atoms with Gasteiger partial charge in [0.2, 0.25) is 0 Å². The minimum absolute atomic E-state index is 0.293. The van der Waals surface area contributed by atoms with E-state index in [2.05, 4.69) is 15.4 Å². The summed E-state index contributed by atoms with van der Waals surface area (Å²) in [6, 6.07) is 3.38. The molecule has 0 aromatic carbocycles. The molecule has 2 N–H and O–H groups in total. The van der Waals surface area contributed by atoms with E-state index < -0.39 is 5.97 Å². The fourth-order valence-electron chi connectivity index (χ4n) is 1.67. The van der Waals surface area contributed by atoms with Crippen LogP contribution in [0, 0.1) is 0 Å². The SMILES string of the molecule is Cn1ccc(CNC(=O)c2cncc(/C=C/C(=O)O)c2)n1. The molecule has 1 amide bonds. The third-order valence-electron chi connectivity index (χ3n) is 2.64. The van der Waals surface area contributed by atoms with Crippen LogP contribution in [0.2, 0.25) is 0 Å². The number of nitrogens with zero attached hydrogens (tertiary/aromatic N) is 3. The molecule has 0 fully saturated rings. The summed E-state index contributed by atoms with van der Waals surface area (Å²) < 4.78 is 1.65. The summed E-state index contributed by atoms with van der Waals surface area (Å²) in [5.74, 6) is -1.35. The molecule has 0 aliphatic rings. The largest absolute Gasteiger partial charge is 0.478 e. The van der Waals surface area contributed by atoms with Gasteiger partial charge in [0, 0.05) is 31.7 Å². The maximum atomic E-state index is 12.0. The molecule has 0 spiro atoms. The molecule has 2 aromatic heterocycles. The summed E-state index contributed by atoms with van der Waals surface area (Å²) in [6.45, 7) is 0.314. The van der Waals surface area contributed by atoms with Gasteiger partial charge in [0.05, 0.1) is 17.8 Å². The molecule has 0 unspecified atom stereocenters. The number of hydrogen-bond donors (Lipinski definition) is 2. The van der Waals surface area contributed by atoms with Crippen molar-refractivity contribution in [3.63, 3.8) is 0 Å². The molecule has 0 aliphatic carbocycles. The van der Waals surface area contributed by atoms with Crippen molar-refractivity contribution >= 4 is 18.0 Å². The fraction of sp³-hybridized carbons (Fsp3) is 0.143. The van der Waals surface area contributed by atoms with Gasteiger partial charge in [-0.2, -0.15) is 5.10 Å². The molecule has 0 radical (unpaired) electrons. The molecule has 7 heteroatoms. The average molecular weight is 286 g/mol. The van der Waals surface area contributed by atoms with Gasteiger partial charge >= 0.3 is 5.97 Å². The lowest BCUT2D eigenvalue weighted by Crippen LogP contribution is -2.23. The number of aliphatic carboxylic acids is 1. The van der Waals surface area contributed by atoms with Crippen molar-refractivity contribution in [2.45, 2.75) is 6.54 Å². The Balaban J connectivity index is 2.02. The first-order valence-electron chi connectivity index (χ1n) is 6.17. The number of carbonyl (C=O) groups is 2. The lowest BCUT2D eigenvalue weighted by molar-refractivity contribution is -0.131. The van der Waals surface area contributed by atoms with Crippen molar-refractivity contribution in [3.05, 3.63) is 53.6 Å². The van der Waals surface area contributed by atoms with E-state index in [4.69, 9.17) is 5.11 Å². The van der Waals surface area contributed by atoms with Crippen LogP contribution in [0.1, 0.15) is 21.6 Å². The Kier molecular flexibility index (Phi) is 4.45. The topological polar surface area (TPSA) is 97.1 Å². The predicted octanol–water partition coefficient (Wildman–Crippen LogP) is 0.843. The Hall–Kier alpha value is -2.96. The first-order chi connectivity index (χ1) is 10.0. The van der Waals surface area contributed by atoms with E-state index >= 15 is 0 Å². The first kappa shape index (κ1) is 14.4. The molecular formula is C14H14N4O3. The van der Waals surface area contributed by atoms with Crippen LogP contribution in [-0.2, 0) is 18.4 Å². The zero-order valence-electron chi connectivity index (χ0n) is 11.4. The van der Waals surface area contributed by atoms with Gasteiger partial charge in [-0.1, -0.05) is 0 Å². The second-order valence-electron chi connectivity index (χ2n) is 4.34. The second kappa shape index (κ2) is 6.47. The summed E-state index contributed by atoms with van der Waals surface area (Å²) >= 11 is 0. The molecule has 0 bridgehead atoms. The molecule has 0 saturated heterocycles. The van der Waals surface area contributed by atoms with Crippen molar-refractivity contribution < 1.29 is 14.7 Å². The van der Waals surface area contributed by atoms with Gasteiger partial charge in [0.15, 0.2) is 0 Å². The van der Waals surface area contributed by atoms with Gasteiger partial charge in [-0.3, -0.25) is 14.5 Å². The number of hydrogen-bond acceptors (Lipinski definition) is 4. The second-order valence-corrected chi connectivity index (χ2v) is 4.34. The Morgan fingerprint density at radius 1 is 1.43 bits per heavy atom. The van der Waals surface area contributed by atoms with Crippen LogP contribution < -0.4 is 5.32 Å². The summed E-state index contributed by atoms with van der Waals surface area (Å²) in [5.41, 5.74) is 1.65. The molecule has 108 valence electrons. The molecule has 0 aliphatic heterocycles. The molecule has 2 heterocycles. The Morgan fingerprint density at radius 2 is 2.24 bits per heavy atom. The lowest BCUT2D eigenvalue weighted by atomic mass is 10.2. The predicted molar refractivity (Wildman–Crippen MR) is 75.3 cm³/mol. The summed E-state index contributed by atoms with van der Waals surface area (Å²) in [5, 5.41) is 15.4. The highest BCUT2D eigenvalue weighted by Crippen LogP contribution is 2.05. The number of aromatic nitrogens is 3. The van der Waals surface area contributed by atoms with Crippen LogP contribution in [0.15, 0.2) is 36.8 Å². The van der Waals surface area contributed by atoms with Gasteiger partial charge in [0.25, 0.3) is 5.91 Å². The molecule has 7 nitrogen and oxygen atoms in total. The standard InChI is InChI=1S/C14H14N4O3/c1-18-5-4-12(17-18)9-16-14(21)11-6-10(7-15-8-11)2-3-13(19)20/h2-8H,9H2,1H3,(H,16,21)(H,19,20)/b3-2+. The number of aryl methyl sites for hydroxylation is 1. The maximum Gasteiger partial charge on any atom is 0.328 e. The Bertz CT molecular complexity index is 691. The molecule has 2 aromatic rings. The number of nitrogens with one attached hydrogen (secondary N) is 1. The highest BCUT2D eigenvalue weighted by molar-refractivity contribution is 5.94. The Labute approximate surface area is 120 Å². The van der Waals surface area contributed by atoms with Crippen molar-refractivity contribution in [2.75, 3.05) is 0 Å². The van der Waals surface area contributed by atoms with Gasteiger partial charge in [-0.15, -0.1) is 0 Å². The first-order valence-corrected chi connectivity index (χ1v) is 6.17. The van der Waals surface area contributed by atoms with E-state index in [1.807, 2.05) is 6.07 Å². The van der Waals surface area contributed by atoms with Gasteiger partial charge in [0.1, 0.15) is 0 Å². The quantitative estimate of drug-likeness (QED) is 0.794. The molecule has 0 saturated carbocycles. The van der Waals surface area contributed by atoms with Crippen molar-refractivity contribution in [1.29, 1.82) is 0 Å². The van der Waals surface area contributed by atoms with E-state index in [1.54, 1.807) is 24.0 Å². The zero-order chi connectivity index (χ0) is 15.2. The molecular weight excluding hydrogens is 272 g/mol. The number of rotatable bonds is 5. The zero-order valence-corrected chi connectivity index (χ0v) is 11.4. The van der Waals surface area contributed by atoms with Gasteiger partial charge < -0.3 is 10.4 Å². The van der Waals surface area contributed by atoms with E-state index in [-0.39, 0.29) is 5.91 Å². The van der Waals surface area contributed by atoms with Gasteiger partial charge in [-0.25, -0.2) is 4.79 Å². The number of amides is 1. The van der Waals surface area contributed by atoms with Crippen LogP contribution >= 0.6 is 0 Å². The number of carbonyl (C=O) groups excluding carboxylic acids is 1. The van der Waals surface area contributed by atoms with Crippen LogP contribution in [0.4, 0.5) is 0 Å². The minimum Gasteiger partial charge on any atom is -0.478 e. The molecule has 2 rings (SSSR count). The summed E-state index contributed by atoms with van der Waals surface area (Å²) in [6.07, 6.45) is 7.07. The summed E-state index contributed by atoms with van der Waals surface area (Å²) in [4.78, 5) is 26.4. The summed E-state index contributed by atoms with van der Waals surface area (Å²) in [7, 11) is 1.80. The van der Waals surface area contributed by atoms with Crippen LogP contribution in [-0.4, -0.2) is 31.7 Å². The molecule has 0 atom stereocenters. The monoisotopic (exact) mass is 286 g/mol. The van der Waals surface area contributed by atoms with Gasteiger partial charge in [-0.05, 0) is 23.8 Å². The van der Waals surface area contributed by atoms with Crippen LogP contribution in [0.3, 0.4) is 0 Å². The van der Waals surface area contributed by atoms with E-state index in [1.165, 1.54) is 18.5 Å². The normalized spacial score (nSPS) is 10.7. The maximum absolute atomic E-state index is 12.0. The molecule has 21 heavy (non-hydrogen) atoms. The number of carboxylic acid groups (broad SMARTS) is 1. The highest BCUT2D eigenvalue weighted by atomic mass is 16.4. The average Bonchev–Trinajstić information content (AvgIpc) is 2.88. The van der Waals surface area contributed by atoms with E-state index in [9.17, 15) is 9.59 Å². The fourth-order valence-corrected chi connectivity index (χ4v) is 1.67. The van der Waals surface area contributed by atoms with Crippen molar-refractivity contribution in [1.82, 2.24) is 20.1 Å². The third-order valence-corrected chi connectivity index (χ3v) is 2.64. The smallest absolute Gasteiger partial charge is 0.328 e. The Morgan fingerprint density at radius 3 is 2.90 bits per heavy atom. The van der Waals surface area contributed by atoms with E-state index in [0.29, 0.717) is 17.7 Å². The van der Waals surface area contributed by atoms with E-state index in [0.717, 1.165) is 11.8 Å². The van der Waals surface area contributed by atoms with Crippen LogP contribution in [0.5, 0.6) is 0 Å². The number of carboxylic acids is 1. The minimum atomic E-state index is -1.06.